The van der Waals surface area contributed by atoms with Gasteiger partial charge in [-0.05, 0) is 64.7 Å². The van der Waals surface area contributed by atoms with Gasteiger partial charge in [0, 0.05) is 53.3 Å². The summed E-state index contributed by atoms with van der Waals surface area (Å²) in [6, 6.07) is 68.6. The Morgan fingerprint density at radius 1 is 0.339 bits per heavy atom. The first kappa shape index (κ1) is 32.2. The third kappa shape index (κ3) is 5.48. The minimum Gasteiger partial charge on any atom is -0.309 e. The first-order chi connectivity index (χ1) is 27.7. The highest BCUT2D eigenvalue weighted by atomic mass is 32.1. The van der Waals surface area contributed by atoms with Crippen molar-refractivity contribution in [2.75, 3.05) is 0 Å². The van der Waals surface area contributed by atoms with E-state index in [1.54, 1.807) is 0 Å². The first-order valence-electron chi connectivity index (χ1n) is 18.8. The van der Waals surface area contributed by atoms with Crippen LogP contribution in [0.1, 0.15) is 0 Å². The SMILES string of the molecule is c1ccc(-c2nc(-c3ccc(-c4cccc(-c5cccc6sc7ccccc7c56)c4)cc3)nc(-c3cccc(-n4c5ccccc5c5ccccc54)c3)n2)cc1. The second-order valence-corrected chi connectivity index (χ2v) is 15.1. The molecule has 5 heteroatoms. The van der Waals surface area contributed by atoms with Gasteiger partial charge >= 0.3 is 0 Å². The van der Waals surface area contributed by atoms with Crippen molar-refractivity contribution in [3.8, 4) is 62.1 Å². The molecule has 0 N–H and O–H groups in total. The largest absolute Gasteiger partial charge is 0.309 e. The summed E-state index contributed by atoms with van der Waals surface area (Å²) in [7, 11) is 0. The summed E-state index contributed by atoms with van der Waals surface area (Å²) in [6.07, 6.45) is 0. The van der Waals surface area contributed by atoms with Crippen LogP contribution in [0.3, 0.4) is 0 Å². The number of aromatic nitrogens is 4. The van der Waals surface area contributed by atoms with Crippen LogP contribution in [0.4, 0.5) is 0 Å². The van der Waals surface area contributed by atoms with E-state index in [2.05, 4.69) is 168 Å². The van der Waals surface area contributed by atoms with Crippen molar-refractivity contribution in [1.82, 2.24) is 19.5 Å². The molecule has 3 heterocycles. The van der Waals surface area contributed by atoms with Gasteiger partial charge in [-0.2, -0.15) is 0 Å². The summed E-state index contributed by atoms with van der Waals surface area (Å²) in [6.45, 7) is 0. The van der Waals surface area contributed by atoms with Gasteiger partial charge in [0.2, 0.25) is 0 Å². The summed E-state index contributed by atoms with van der Waals surface area (Å²) in [5, 5.41) is 5.08. The molecule has 0 aliphatic carbocycles. The molecule has 0 amide bonds. The van der Waals surface area contributed by atoms with E-state index >= 15 is 0 Å². The minimum absolute atomic E-state index is 0.628. The van der Waals surface area contributed by atoms with Crippen LogP contribution in [0, 0.1) is 0 Å². The van der Waals surface area contributed by atoms with Crippen molar-refractivity contribution in [3.05, 3.63) is 194 Å². The molecule has 8 aromatic carbocycles. The zero-order valence-corrected chi connectivity index (χ0v) is 31.0. The van der Waals surface area contributed by atoms with Gasteiger partial charge in [-0.1, -0.05) is 152 Å². The molecule has 0 aliphatic rings. The van der Waals surface area contributed by atoms with Crippen LogP contribution < -0.4 is 0 Å². The number of rotatable bonds is 6. The molecular weight excluding hydrogens is 701 g/mol. The van der Waals surface area contributed by atoms with E-state index in [4.69, 9.17) is 15.0 Å². The van der Waals surface area contributed by atoms with Crippen molar-refractivity contribution in [2.45, 2.75) is 0 Å². The maximum Gasteiger partial charge on any atom is 0.164 e. The number of fused-ring (bicyclic) bond motifs is 6. The summed E-state index contributed by atoms with van der Waals surface area (Å²) in [4.78, 5) is 15.2. The Labute approximate surface area is 327 Å². The van der Waals surface area contributed by atoms with Crippen molar-refractivity contribution in [1.29, 1.82) is 0 Å². The highest BCUT2D eigenvalue weighted by molar-refractivity contribution is 7.25. The second-order valence-electron chi connectivity index (χ2n) is 14.0. The topological polar surface area (TPSA) is 43.6 Å². The number of thiophene rings is 1. The molecule has 0 bridgehead atoms. The van der Waals surface area contributed by atoms with Crippen molar-refractivity contribution < 1.29 is 0 Å². The molecule has 11 rings (SSSR count). The van der Waals surface area contributed by atoms with E-state index in [9.17, 15) is 0 Å². The summed E-state index contributed by atoms with van der Waals surface area (Å²) in [5.41, 5.74) is 10.9. The van der Waals surface area contributed by atoms with E-state index in [0.29, 0.717) is 17.5 Å². The van der Waals surface area contributed by atoms with Gasteiger partial charge in [0.15, 0.2) is 17.5 Å². The number of hydrogen-bond acceptors (Lipinski definition) is 4. The summed E-state index contributed by atoms with van der Waals surface area (Å²) < 4.78 is 4.95. The Hall–Kier alpha value is -7.21. The predicted molar refractivity (Wildman–Crippen MR) is 234 cm³/mol. The van der Waals surface area contributed by atoms with E-state index in [-0.39, 0.29) is 0 Å². The molecular formula is C51H32N4S. The molecule has 0 fully saturated rings. The van der Waals surface area contributed by atoms with E-state index < -0.39 is 0 Å². The third-order valence-electron chi connectivity index (χ3n) is 10.7. The Balaban J connectivity index is 0.988. The first-order valence-corrected chi connectivity index (χ1v) is 19.6. The summed E-state index contributed by atoms with van der Waals surface area (Å²) >= 11 is 1.85. The fraction of sp³-hybridized carbons (Fsp3) is 0. The molecule has 3 aromatic heterocycles. The van der Waals surface area contributed by atoms with E-state index in [0.717, 1.165) is 44.5 Å². The fourth-order valence-corrected chi connectivity index (χ4v) is 9.16. The maximum atomic E-state index is 5.12. The lowest BCUT2D eigenvalue weighted by Gasteiger charge is -2.12. The minimum atomic E-state index is 0.628. The van der Waals surface area contributed by atoms with Crippen LogP contribution >= 0.6 is 11.3 Å². The molecule has 0 atom stereocenters. The highest BCUT2D eigenvalue weighted by Crippen LogP contribution is 2.41. The van der Waals surface area contributed by atoms with Crippen molar-refractivity contribution in [2.24, 2.45) is 0 Å². The lowest BCUT2D eigenvalue weighted by molar-refractivity contribution is 1.07. The Kier molecular flexibility index (Phi) is 7.64. The lowest BCUT2D eigenvalue weighted by atomic mass is 9.95. The Bertz CT molecular complexity index is 3200. The smallest absolute Gasteiger partial charge is 0.164 e. The normalized spacial score (nSPS) is 11.6. The standard InChI is InChI=1S/C51H32N4S/c1-2-13-34(14-3-1)49-52-50(54-51(53-49)38-17-11-18-39(32-38)55-44-23-7-4-19-41(44)42-20-5-8-24-45(42)55)35-29-27-33(28-30-35)36-15-10-16-37(31-36)40-22-12-26-47-48(40)43-21-6-9-25-46(43)56-47/h1-32H. The number of nitrogens with zero attached hydrogens (tertiary/aromatic N) is 4. The van der Waals surface area contributed by atoms with Gasteiger partial charge < -0.3 is 4.57 Å². The van der Waals surface area contributed by atoms with Gasteiger partial charge in [0.1, 0.15) is 0 Å². The molecule has 0 saturated carbocycles. The number of benzene rings is 8. The molecule has 0 aliphatic heterocycles. The van der Waals surface area contributed by atoms with Crippen LogP contribution in [-0.2, 0) is 0 Å². The Morgan fingerprint density at radius 3 is 1.61 bits per heavy atom. The van der Waals surface area contributed by atoms with Crippen LogP contribution in [0.2, 0.25) is 0 Å². The summed E-state index contributed by atoms with van der Waals surface area (Å²) in [5.74, 6) is 1.90. The lowest BCUT2D eigenvalue weighted by Crippen LogP contribution is -2.01. The average molecular weight is 733 g/mol. The molecule has 0 saturated heterocycles. The molecule has 0 spiro atoms. The quantitative estimate of drug-likeness (QED) is 0.171. The van der Waals surface area contributed by atoms with Gasteiger partial charge in [-0.3, -0.25) is 0 Å². The Morgan fingerprint density at radius 2 is 0.857 bits per heavy atom. The van der Waals surface area contributed by atoms with Crippen LogP contribution in [0.25, 0.3) is 104 Å². The van der Waals surface area contributed by atoms with Crippen molar-refractivity contribution in [3.63, 3.8) is 0 Å². The van der Waals surface area contributed by atoms with Gasteiger partial charge in [-0.15, -0.1) is 11.3 Å². The maximum absolute atomic E-state index is 5.12. The van der Waals surface area contributed by atoms with E-state index in [1.165, 1.54) is 42.1 Å². The molecule has 0 unspecified atom stereocenters. The number of para-hydroxylation sites is 2. The zero-order valence-electron chi connectivity index (χ0n) is 30.2. The monoisotopic (exact) mass is 732 g/mol. The van der Waals surface area contributed by atoms with Gasteiger partial charge in [-0.25, -0.2) is 15.0 Å². The predicted octanol–water partition coefficient (Wildman–Crippen LogP) is 13.7. The van der Waals surface area contributed by atoms with Gasteiger partial charge in [0.25, 0.3) is 0 Å². The van der Waals surface area contributed by atoms with Crippen LogP contribution in [0.15, 0.2) is 194 Å². The average Bonchev–Trinajstić information content (AvgIpc) is 3.83. The molecule has 11 aromatic rings. The zero-order chi connectivity index (χ0) is 37.0. The van der Waals surface area contributed by atoms with Crippen molar-refractivity contribution >= 4 is 53.3 Å². The highest BCUT2D eigenvalue weighted by Gasteiger charge is 2.16. The van der Waals surface area contributed by atoms with Crippen LogP contribution in [0.5, 0.6) is 0 Å². The van der Waals surface area contributed by atoms with Gasteiger partial charge in [0.05, 0.1) is 11.0 Å². The number of hydrogen-bond donors (Lipinski definition) is 0. The fourth-order valence-electron chi connectivity index (χ4n) is 8.03. The molecule has 262 valence electrons. The van der Waals surface area contributed by atoms with E-state index in [1.807, 2.05) is 41.7 Å². The van der Waals surface area contributed by atoms with Crippen LogP contribution in [-0.4, -0.2) is 19.5 Å². The third-order valence-corrected chi connectivity index (χ3v) is 11.8. The molecule has 4 nitrogen and oxygen atoms in total. The second kappa shape index (κ2) is 13.3. The molecule has 56 heavy (non-hydrogen) atoms. The molecule has 0 radical (unpaired) electrons.